The lowest BCUT2D eigenvalue weighted by Crippen LogP contribution is -2.43. The molecule has 1 atom stereocenters. The van der Waals surface area contributed by atoms with Crippen LogP contribution in [0.15, 0.2) is 72.8 Å². The zero-order chi connectivity index (χ0) is 19.0. The molecule has 3 aromatic rings. The molecule has 1 heterocycles. The topological polar surface area (TPSA) is 75.5 Å². The summed E-state index contributed by atoms with van der Waals surface area (Å²) in [6, 6.07) is 18.7. The lowest BCUT2D eigenvalue weighted by Gasteiger charge is -2.38. The molecular formula is C20H14FN3O3. The van der Waals surface area contributed by atoms with Crippen molar-refractivity contribution in [2.45, 2.75) is 6.17 Å². The number of carbonyl (C=O) groups excluding carboxylic acids is 1. The third-order valence-corrected chi connectivity index (χ3v) is 4.45. The molecule has 0 saturated carbocycles. The van der Waals surface area contributed by atoms with Crippen LogP contribution in [0, 0.1) is 15.9 Å². The van der Waals surface area contributed by atoms with Crippen LogP contribution in [-0.2, 0) is 0 Å². The minimum Gasteiger partial charge on any atom is -0.360 e. The van der Waals surface area contributed by atoms with Crippen molar-refractivity contribution in [1.82, 2.24) is 0 Å². The number of benzene rings is 3. The Morgan fingerprint density at radius 3 is 2.30 bits per heavy atom. The van der Waals surface area contributed by atoms with Gasteiger partial charge >= 0.3 is 0 Å². The second-order valence-corrected chi connectivity index (χ2v) is 6.09. The Bertz CT molecular complexity index is 1020. The molecule has 0 bridgehead atoms. The number of para-hydroxylation sites is 1. The summed E-state index contributed by atoms with van der Waals surface area (Å²) in [6.07, 6.45) is -0.585. The predicted octanol–water partition coefficient (Wildman–Crippen LogP) is 4.51. The summed E-state index contributed by atoms with van der Waals surface area (Å²) >= 11 is 0. The minimum atomic E-state index is -0.585. The largest absolute Gasteiger partial charge is 0.360 e. The highest BCUT2D eigenvalue weighted by Gasteiger charge is 2.34. The number of nitrogens with zero attached hydrogens (tertiary/aromatic N) is 2. The fraction of sp³-hybridized carbons (Fsp3) is 0.0500. The van der Waals surface area contributed by atoms with Crippen LogP contribution in [0.2, 0.25) is 0 Å². The lowest BCUT2D eigenvalue weighted by atomic mass is 10.0. The van der Waals surface area contributed by atoms with E-state index in [4.69, 9.17) is 0 Å². The van der Waals surface area contributed by atoms with Gasteiger partial charge in [-0.2, -0.15) is 0 Å². The molecule has 27 heavy (non-hydrogen) atoms. The Hall–Kier alpha value is -3.74. The summed E-state index contributed by atoms with van der Waals surface area (Å²) < 4.78 is 13.3. The van der Waals surface area contributed by atoms with Gasteiger partial charge in [-0.25, -0.2) is 4.39 Å². The third-order valence-electron chi connectivity index (χ3n) is 4.45. The molecule has 1 N–H and O–H groups in total. The second kappa shape index (κ2) is 6.53. The highest BCUT2D eigenvalue weighted by molar-refractivity contribution is 6.12. The van der Waals surface area contributed by atoms with Gasteiger partial charge in [0, 0.05) is 23.5 Å². The number of nitrogens with one attached hydrogen (secondary N) is 1. The Balaban J connectivity index is 1.82. The van der Waals surface area contributed by atoms with Crippen LogP contribution >= 0.6 is 0 Å². The van der Waals surface area contributed by atoms with Crippen LogP contribution in [0.3, 0.4) is 0 Å². The number of nitro groups is 1. The van der Waals surface area contributed by atoms with Crippen molar-refractivity contribution in [1.29, 1.82) is 0 Å². The van der Waals surface area contributed by atoms with Crippen molar-refractivity contribution in [3.05, 3.63) is 99.9 Å². The molecule has 7 heteroatoms. The quantitative estimate of drug-likeness (QED) is 0.549. The van der Waals surface area contributed by atoms with Crippen LogP contribution in [0.4, 0.5) is 21.5 Å². The summed E-state index contributed by atoms with van der Waals surface area (Å²) in [5, 5.41) is 14.2. The molecule has 0 saturated heterocycles. The number of rotatable bonds is 3. The smallest absolute Gasteiger partial charge is 0.269 e. The minimum absolute atomic E-state index is 0.0328. The van der Waals surface area contributed by atoms with Gasteiger partial charge in [0.1, 0.15) is 12.0 Å². The fourth-order valence-electron chi connectivity index (χ4n) is 3.13. The zero-order valence-corrected chi connectivity index (χ0v) is 14.0. The van der Waals surface area contributed by atoms with Crippen LogP contribution in [0.1, 0.15) is 22.1 Å². The Morgan fingerprint density at radius 2 is 1.63 bits per heavy atom. The number of amides is 1. The first-order valence-corrected chi connectivity index (χ1v) is 8.23. The van der Waals surface area contributed by atoms with Gasteiger partial charge in [0.25, 0.3) is 11.6 Å². The van der Waals surface area contributed by atoms with E-state index in [1.54, 1.807) is 30.3 Å². The highest BCUT2D eigenvalue weighted by atomic mass is 19.1. The first-order valence-electron chi connectivity index (χ1n) is 8.23. The molecule has 0 unspecified atom stereocenters. The Labute approximate surface area is 154 Å². The van der Waals surface area contributed by atoms with Gasteiger partial charge < -0.3 is 5.32 Å². The molecule has 0 radical (unpaired) electrons. The van der Waals surface area contributed by atoms with E-state index in [9.17, 15) is 19.3 Å². The van der Waals surface area contributed by atoms with Crippen molar-refractivity contribution < 1.29 is 14.1 Å². The molecule has 0 aromatic heterocycles. The molecule has 0 spiro atoms. The van der Waals surface area contributed by atoms with Gasteiger partial charge in [0.15, 0.2) is 0 Å². The molecule has 0 fully saturated rings. The fourth-order valence-corrected chi connectivity index (χ4v) is 3.13. The number of nitro benzene ring substituents is 1. The lowest BCUT2D eigenvalue weighted by molar-refractivity contribution is -0.384. The third kappa shape index (κ3) is 2.99. The van der Waals surface area contributed by atoms with Gasteiger partial charge in [0.05, 0.1) is 10.5 Å². The van der Waals surface area contributed by atoms with Crippen LogP contribution in [0.25, 0.3) is 0 Å². The van der Waals surface area contributed by atoms with Gasteiger partial charge in [0.2, 0.25) is 0 Å². The highest BCUT2D eigenvalue weighted by Crippen LogP contribution is 2.36. The maximum atomic E-state index is 13.3. The van der Waals surface area contributed by atoms with Crippen molar-refractivity contribution in [3.8, 4) is 0 Å². The molecule has 1 amide bonds. The standard InChI is InChI=1S/C20H14FN3O3/c21-14-7-11-15(12-8-14)23-19(13-5-9-16(10-6-13)24(26)27)22-18-4-2-1-3-17(18)20(23)25/h1-12,19,22H/t19-/m0/s1. The number of hydrogen-bond acceptors (Lipinski definition) is 4. The van der Waals surface area contributed by atoms with Crippen LogP contribution in [0.5, 0.6) is 0 Å². The maximum Gasteiger partial charge on any atom is 0.269 e. The number of anilines is 2. The summed E-state index contributed by atoms with van der Waals surface area (Å²) in [4.78, 5) is 25.1. The SMILES string of the molecule is O=C1c2ccccc2N[C@H](c2ccc([N+](=O)[O-])cc2)N1c1ccc(F)cc1. The number of halogens is 1. The van der Waals surface area contributed by atoms with E-state index in [1.807, 2.05) is 6.07 Å². The molecule has 0 aliphatic carbocycles. The van der Waals surface area contributed by atoms with Gasteiger partial charge in [-0.3, -0.25) is 19.8 Å². The van der Waals surface area contributed by atoms with E-state index in [-0.39, 0.29) is 11.6 Å². The molecule has 6 nitrogen and oxygen atoms in total. The normalized spacial score (nSPS) is 15.8. The van der Waals surface area contributed by atoms with Gasteiger partial charge in [-0.1, -0.05) is 12.1 Å². The van der Waals surface area contributed by atoms with Crippen molar-refractivity contribution in [2.75, 3.05) is 10.2 Å². The van der Waals surface area contributed by atoms with E-state index in [0.717, 1.165) is 0 Å². The van der Waals surface area contributed by atoms with Gasteiger partial charge in [-0.15, -0.1) is 0 Å². The Kier molecular flexibility index (Phi) is 4.04. The van der Waals surface area contributed by atoms with Crippen molar-refractivity contribution in [3.63, 3.8) is 0 Å². The predicted molar refractivity (Wildman–Crippen MR) is 99.1 cm³/mol. The first-order chi connectivity index (χ1) is 13.0. The van der Waals surface area contributed by atoms with E-state index < -0.39 is 16.9 Å². The molecule has 4 rings (SSSR count). The van der Waals surface area contributed by atoms with Gasteiger partial charge in [-0.05, 0) is 54.1 Å². The summed E-state index contributed by atoms with van der Waals surface area (Å²) in [6.45, 7) is 0. The molecule has 134 valence electrons. The van der Waals surface area contributed by atoms with E-state index >= 15 is 0 Å². The first kappa shape index (κ1) is 16.7. The second-order valence-electron chi connectivity index (χ2n) is 6.09. The van der Waals surface area contributed by atoms with E-state index in [0.29, 0.717) is 22.5 Å². The Morgan fingerprint density at radius 1 is 0.963 bits per heavy atom. The zero-order valence-electron chi connectivity index (χ0n) is 14.0. The average Bonchev–Trinajstić information content (AvgIpc) is 2.69. The summed E-state index contributed by atoms with van der Waals surface area (Å²) in [5.74, 6) is -0.636. The van der Waals surface area contributed by atoms with E-state index in [1.165, 1.54) is 41.3 Å². The van der Waals surface area contributed by atoms with Crippen LogP contribution < -0.4 is 10.2 Å². The number of hydrogen-bond donors (Lipinski definition) is 1. The number of non-ortho nitro benzene ring substituents is 1. The monoisotopic (exact) mass is 363 g/mol. The molecule has 3 aromatic carbocycles. The number of carbonyl (C=O) groups is 1. The molecule has 1 aliphatic rings. The summed E-state index contributed by atoms with van der Waals surface area (Å²) in [5.41, 5.74) is 2.33. The van der Waals surface area contributed by atoms with Crippen molar-refractivity contribution in [2.24, 2.45) is 0 Å². The maximum absolute atomic E-state index is 13.3. The molecular weight excluding hydrogens is 349 g/mol. The molecule has 1 aliphatic heterocycles. The van der Waals surface area contributed by atoms with Crippen LogP contribution in [-0.4, -0.2) is 10.8 Å². The number of fused-ring (bicyclic) bond motifs is 1. The van der Waals surface area contributed by atoms with E-state index in [2.05, 4.69) is 5.32 Å². The van der Waals surface area contributed by atoms with Crippen molar-refractivity contribution >= 4 is 23.0 Å². The average molecular weight is 363 g/mol. The summed E-state index contributed by atoms with van der Waals surface area (Å²) in [7, 11) is 0.